The number of esters is 1. The summed E-state index contributed by atoms with van der Waals surface area (Å²) in [6.07, 6.45) is -0.0514. The Hall–Kier alpha value is -3.31. The third-order valence-electron chi connectivity index (χ3n) is 4.70. The lowest BCUT2D eigenvalue weighted by Gasteiger charge is -2.15. The summed E-state index contributed by atoms with van der Waals surface area (Å²) in [5.41, 5.74) is 2.99. The van der Waals surface area contributed by atoms with Crippen molar-refractivity contribution in [2.24, 2.45) is 0 Å². The van der Waals surface area contributed by atoms with Crippen molar-refractivity contribution < 1.29 is 19.1 Å². The highest BCUT2D eigenvalue weighted by Crippen LogP contribution is 2.22. The van der Waals surface area contributed by atoms with Crippen molar-refractivity contribution in [2.45, 2.75) is 33.0 Å². The Morgan fingerprint density at radius 3 is 2.26 bits per heavy atom. The summed E-state index contributed by atoms with van der Waals surface area (Å²) >= 11 is 5.90. The first kappa shape index (κ1) is 22.4. The molecule has 3 rings (SSSR count). The predicted octanol–water partition coefficient (Wildman–Crippen LogP) is 5.67. The van der Waals surface area contributed by atoms with Gasteiger partial charge in [0.2, 0.25) is 0 Å². The van der Waals surface area contributed by atoms with Crippen LogP contribution in [0.1, 0.15) is 35.3 Å². The van der Waals surface area contributed by atoms with Crippen LogP contribution < -0.4 is 10.1 Å². The minimum absolute atomic E-state index is 0.253. The summed E-state index contributed by atoms with van der Waals surface area (Å²) in [7, 11) is 0. The van der Waals surface area contributed by atoms with Crippen molar-refractivity contribution in [2.75, 3.05) is 5.32 Å². The summed E-state index contributed by atoms with van der Waals surface area (Å²) in [6, 6.07) is 21.6. The second-order valence-electron chi connectivity index (χ2n) is 7.00. The van der Waals surface area contributed by atoms with E-state index in [0.717, 1.165) is 12.0 Å². The maximum atomic E-state index is 12.7. The van der Waals surface area contributed by atoms with Crippen molar-refractivity contribution in [3.8, 4) is 5.75 Å². The number of carbonyl (C=O) groups excluding carboxylic acids is 2. The normalized spacial score (nSPS) is 11.5. The lowest BCUT2D eigenvalue weighted by molar-refractivity contribution is -0.123. The number of halogens is 1. The zero-order valence-corrected chi connectivity index (χ0v) is 18.2. The van der Waals surface area contributed by atoms with Gasteiger partial charge in [-0.05, 0) is 60.9 Å². The van der Waals surface area contributed by atoms with E-state index in [9.17, 15) is 9.59 Å². The molecule has 31 heavy (non-hydrogen) atoms. The Morgan fingerprint density at radius 2 is 1.58 bits per heavy atom. The van der Waals surface area contributed by atoms with Crippen molar-refractivity contribution in [3.63, 3.8) is 0 Å². The molecular formula is C25H24ClNO4. The zero-order chi connectivity index (χ0) is 22.2. The summed E-state index contributed by atoms with van der Waals surface area (Å²) in [5, 5.41) is 3.40. The molecule has 0 radical (unpaired) electrons. The number of ether oxygens (including phenoxy) is 2. The van der Waals surface area contributed by atoms with Crippen LogP contribution in [-0.4, -0.2) is 18.0 Å². The van der Waals surface area contributed by atoms with Gasteiger partial charge >= 0.3 is 5.97 Å². The van der Waals surface area contributed by atoms with Crippen molar-refractivity contribution in [3.05, 3.63) is 94.5 Å². The van der Waals surface area contributed by atoms with E-state index in [0.29, 0.717) is 16.5 Å². The van der Waals surface area contributed by atoms with E-state index in [-0.39, 0.29) is 12.2 Å². The van der Waals surface area contributed by atoms with E-state index in [1.807, 2.05) is 36.4 Å². The number of hydrogen-bond acceptors (Lipinski definition) is 4. The van der Waals surface area contributed by atoms with Crippen molar-refractivity contribution in [1.29, 1.82) is 0 Å². The number of aryl methyl sites for hydroxylation is 1. The third kappa shape index (κ3) is 6.33. The molecule has 0 spiro atoms. The highest BCUT2D eigenvalue weighted by Gasteiger charge is 2.21. The quantitative estimate of drug-likeness (QED) is 0.461. The smallest absolute Gasteiger partial charge is 0.342 e. The molecule has 160 valence electrons. The highest BCUT2D eigenvalue weighted by atomic mass is 35.5. The van der Waals surface area contributed by atoms with E-state index >= 15 is 0 Å². The third-order valence-corrected chi connectivity index (χ3v) is 4.95. The summed E-state index contributed by atoms with van der Waals surface area (Å²) < 4.78 is 11.2. The molecule has 0 saturated heterocycles. The molecule has 0 saturated carbocycles. The first-order valence-electron chi connectivity index (χ1n) is 10.0. The molecule has 3 aromatic carbocycles. The van der Waals surface area contributed by atoms with Gasteiger partial charge in [-0.1, -0.05) is 54.9 Å². The monoisotopic (exact) mass is 437 g/mol. The van der Waals surface area contributed by atoms with Crippen LogP contribution in [0.5, 0.6) is 5.75 Å². The molecule has 1 amide bonds. The van der Waals surface area contributed by atoms with Crippen LogP contribution in [0.3, 0.4) is 0 Å². The molecule has 6 heteroatoms. The first-order valence-corrected chi connectivity index (χ1v) is 10.4. The average Bonchev–Trinajstić information content (AvgIpc) is 2.79. The Morgan fingerprint density at radius 1 is 0.935 bits per heavy atom. The lowest BCUT2D eigenvalue weighted by atomic mass is 10.1. The molecule has 1 N–H and O–H groups in total. The van der Waals surface area contributed by atoms with Crippen LogP contribution >= 0.6 is 11.6 Å². The summed E-state index contributed by atoms with van der Waals surface area (Å²) in [6.45, 7) is 3.86. The number of anilines is 1. The fourth-order valence-corrected chi connectivity index (χ4v) is 2.97. The maximum absolute atomic E-state index is 12.7. The van der Waals surface area contributed by atoms with Crippen molar-refractivity contribution >= 4 is 29.2 Å². The van der Waals surface area contributed by atoms with Gasteiger partial charge in [-0.3, -0.25) is 4.79 Å². The molecule has 0 aliphatic rings. The number of nitrogens with one attached hydrogen (secondary N) is 1. The Bertz CT molecular complexity index is 1030. The van der Waals surface area contributed by atoms with Gasteiger partial charge in [-0.15, -0.1) is 0 Å². The SMILES string of the molecule is CCc1ccc(NC(=O)[C@@H](C)OC(=O)c2ccccc2OCc2ccc(Cl)cc2)cc1. The fraction of sp³-hybridized carbons (Fsp3) is 0.200. The highest BCUT2D eigenvalue weighted by molar-refractivity contribution is 6.30. The Balaban J connectivity index is 1.61. The largest absolute Gasteiger partial charge is 0.488 e. The van der Waals surface area contributed by atoms with E-state index < -0.39 is 18.0 Å². The zero-order valence-electron chi connectivity index (χ0n) is 17.4. The lowest BCUT2D eigenvalue weighted by Crippen LogP contribution is -2.30. The van der Waals surface area contributed by atoms with Gasteiger partial charge in [-0.2, -0.15) is 0 Å². The molecule has 0 aromatic heterocycles. The minimum atomic E-state index is -0.970. The molecule has 3 aromatic rings. The van der Waals surface area contributed by atoms with Crippen molar-refractivity contribution in [1.82, 2.24) is 0 Å². The number of hydrogen-bond donors (Lipinski definition) is 1. The number of rotatable bonds is 8. The minimum Gasteiger partial charge on any atom is -0.488 e. The van der Waals surface area contributed by atoms with E-state index in [4.69, 9.17) is 21.1 Å². The van der Waals surface area contributed by atoms with Gasteiger partial charge in [0.15, 0.2) is 6.10 Å². The van der Waals surface area contributed by atoms with Gasteiger partial charge in [0.05, 0.1) is 0 Å². The van der Waals surface area contributed by atoms with Crippen LogP contribution in [0.25, 0.3) is 0 Å². The summed E-state index contributed by atoms with van der Waals surface area (Å²) in [4.78, 5) is 25.1. The first-order chi connectivity index (χ1) is 15.0. The molecule has 0 bridgehead atoms. The average molecular weight is 438 g/mol. The van der Waals surface area contributed by atoms with Crippen LogP contribution in [0.4, 0.5) is 5.69 Å². The predicted molar refractivity (Wildman–Crippen MR) is 122 cm³/mol. The van der Waals surface area contributed by atoms with Gasteiger partial charge in [0.25, 0.3) is 5.91 Å². The Kier molecular flexibility index (Phi) is 7.68. The maximum Gasteiger partial charge on any atom is 0.342 e. The molecular weight excluding hydrogens is 414 g/mol. The van der Waals surface area contributed by atoms with E-state index in [1.165, 1.54) is 12.5 Å². The standard InChI is InChI=1S/C25H24ClNO4/c1-3-18-10-14-21(15-11-18)27-24(28)17(2)31-25(29)22-6-4-5-7-23(22)30-16-19-8-12-20(26)13-9-19/h4-15,17H,3,16H2,1-2H3,(H,27,28)/t17-/m1/s1. The second-order valence-corrected chi connectivity index (χ2v) is 7.44. The summed E-state index contributed by atoms with van der Waals surface area (Å²) in [5.74, 6) is -0.655. The molecule has 0 aliphatic carbocycles. The molecule has 0 heterocycles. The van der Waals surface area contributed by atoms with E-state index in [2.05, 4.69) is 12.2 Å². The van der Waals surface area contributed by atoms with Crippen LogP contribution in [0, 0.1) is 0 Å². The molecule has 0 aliphatic heterocycles. The topological polar surface area (TPSA) is 64.6 Å². The number of carbonyl (C=O) groups is 2. The van der Waals surface area contributed by atoms with Crippen LogP contribution in [-0.2, 0) is 22.6 Å². The second kappa shape index (κ2) is 10.6. The number of para-hydroxylation sites is 1. The fourth-order valence-electron chi connectivity index (χ4n) is 2.85. The number of benzene rings is 3. The van der Waals surface area contributed by atoms with Crippen LogP contribution in [0.2, 0.25) is 5.02 Å². The Labute approximate surface area is 187 Å². The van der Waals surface area contributed by atoms with Gasteiger partial charge < -0.3 is 14.8 Å². The molecule has 1 atom stereocenters. The molecule has 0 unspecified atom stereocenters. The van der Waals surface area contributed by atoms with Gasteiger partial charge in [0.1, 0.15) is 17.9 Å². The van der Waals surface area contributed by atoms with Gasteiger partial charge in [0, 0.05) is 10.7 Å². The van der Waals surface area contributed by atoms with E-state index in [1.54, 1.807) is 36.4 Å². The number of amides is 1. The van der Waals surface area contributed by atoms with Gasteiger partial charge in [-0.25, -0.2) is 4.79 Å². The molecule has 0 fully saturated rings. The molecule has 5 nitrogen and oxygen atoms in total. The van der Waals surface area contributed by atoms with Crippen LogP contribution in [0.15, 0.2) is 72.8 Å².